The Balaban J connectivity index is 2.23. The summed E-state index contributed by atoms with van der Waals surface area (Å²) in [6, 6.07) is 9.70. The molecule has 2 N–H and O–H groups in total. The highest BCUT2D eigenvalue weighted by molar-refractivity contribution is 5.32. The van der Waals surface area contributed by atoms with Crippen LogP contribution in [0.25, 0.3) is 5.69 Å². The van der Waals surface area contributed by atoms with Gasteiger partial charge in [-0.1, -0.05) is 23.4 Å². The zero-order chi connectivity index (χ0) is 13.0. The molecule has 0 fully saturated rings. The molecule has 1 aromatic heterocycles. The van der Waals surface area contributed by atoms with Gasteiger partial charge in [-0.05, 0) is 25.5 Å². The normalized spacial score (nSPS) is 14.4. The van der Waals surface area contributed by atoms with Crippen LogP contribution >= 0.6 is 0 Å². The Kier molecular flexibility index (Phi) is 4.07. The number of rotatable bonds is 5. The van der Waals surface area contributed by atoms with E-state index in [9.17, 15) is 0 Å². The van der Waals surface area contributed by atoms with E-state index < -0.39 is 0 Å². The van der Waals surface area contributed by atoms with E-state index in [0.717, 1.165) is 17.8 Å². The Morgan fingerprint density at radius 1 is 1.33 bits per heavy atom. The highest BCUT2D eigenvalue weighted by atomic mass is 16.5. The zero-order valence-corrected chi connectivity index (χ0v) is 10.7. The van der Waals surface area contributed by atoms with Crippen LogP contribution in [0, 0.1) is 0 Å². The van der Waals surface area contributed by atoms with Crippen LogP contribution in [0.3, 0.4) is 0 Å². The van der Waals surface area contributed by atoms with Crippen molar-refractivity contribution in [3.63, 3.8) is 0 Å². The molecule has 0 bridgehead atoms. The van der Waals surface area contributed by atoms with Crippen molar-refractivity contribution in [2.45, 2.75) is 25.5 Å². The maximum atomic E-state index is 6.17. The molecule has 0 saturated heterocycles. The number of hydrogen-bond donors (Lipinski definition) is 1. The topological polar surface area (TPSA) is 66.0 Å². The lowest BCUT2D eigenvalue weighted by molar-refractivity contribution is 0.104. The second-order valence-electron chi connectivity index (χ2n) is 4.29. The van der Waals surface area contributed by atoms with Gasteiger partial charge in [0, 0.05) is 7.11 Å². The number of nitrogens with two attached hydrogens (primary N) is 1. The van der Waals surface area contributed by atoms with Gasteiger partial charge in [0.15, 0.2) is 0 Å². The molecule has 2 unspecified atom stereocenters. The van der Waals surface area contributed by atoms with Gasteiger partial charge in [-0.25, -0.2) is 4.68 Å². The van der Waals surface area contributed by atoms with Gasteiger partial charge >= 0.3 is 0 Å². The molecule has 0 aliphatic rings. The zero-order valence-electron chi connectivity index (χ0n) is 10.7. The van der Waals surface area contributed by atoms with Gasteiger partial charge in [0.05, 0.1) is 29.7 Å². The number of methoxy groups -OCH3 is 1. The van der Waals surface area contributed by atoms with Crippen molar-refractivity contribution in [2.75, 3.05) is 7.11 Å². The molecular formula is C13H18N4O. The Morgan fingerprint density at radius 2 is 2.06 bits per heavy atom. The number of ether oxygens (including phenoxy) is 1. The number of aromatic nitrogens is 3. The maximum Gasteiger partial charge on any atom is 0.0813 e. The summed E-state index contributed by atoms with van der Waals surface area (Å²) < 4.78 is 7.01. The van der Waals surface area contributed by atoms with Gasteiger partial charge in [-0.3, -0.25) is 0 Å². The van der Waals surface area contributed by atoms with E-state index >= 15 is 0 Å². The van der Waals surface area contributed by atoms with Gasteiger partial charge in [-0.15, -0.1) is 5.10 Å². The van der Waals surface area contributed by atoms with Gasteiger partial charge in [0.2, 0.25) is 0 Å². The van der Waals surface area contributed by atoms with Crippen molar-refractivity contribution in [3.8, 4) is 5.69 Å². The summed E-state index contributed by atoms with van der Waals surface area (Å²) >= 11 is 0. The predicted molar refractivity (Wildman–Crippen MR) is 69.4 cm³/mol. The molecule has 18 heavy (non-hydrogen) atoms. The van der Waals surface area contributed by atoms with Crippen LogP contribution in [-0.2, 0) is 4.74 Å². The molecule has 1 heterocycles. The largest absolute Gasteiger partial charge is 0.382 e. The molecule has 0 aliphatic heterocycles. The standard InChI is InChI=1S/C13H18N4O/c1-10(18-2)8-12(14)13-9-15-16-17(13)11-6-4-3-5-7-11/h3-7,9-10,12H,8,14H2,1-2H3. The maximum absolute atomic E-state index is 6.17. The summed E-state index contributed by atoms with van der Waals surface area (Å²) in [6.45, 7) is 2.00. The highest BCUT2D eigenvalue weighted by Crippen LogP contribution is 2.18. The predicted octanol–water partition coefficient (Wildman–Crippen LogP) is 1.69. The average Bonchev–Trinajstić information content (AvgIpc) is 2.88. The Labute approximate surface area is 107 Å². The molecule has 5 nitrogen and oxygen atoms in total. The molecule has 0 radical (unpaired) electrons. The molecule has 2 atom stereocenters. The Bertz CT molecular complexity index is 483. The van der Waals surface area contributed by atoms with Crippen LogP contribution < -0.4 is 5.73 Å². The van der Waals surface area contributed by atoms with E-state index in [1.807, 2.05) is 37.3 Å². The third-order valence-corrected chi connectivity index (χ3v) is 2.94. The number of nitrogens with zero attached hydrogens (tertiary/aromatic N) is 3. The van der Waals surface area contributed by atoms with E-state index in [4.69, 9.17) is 10.5 Å². The Hall–Kier alpha value is -1.72. The van der Waals surface area contributed by atoms with Crippen LogP contribution in [0.5, 0.6) is 0 Å². The fraction of sp³-hybridized carbons (Fsp3) is 0.385. The lowest BCUT2D eigenvalue weighted by atomic mass is 10.1. The Morgan fingerprint density at radius 3 is 2.72 bits per heavy atom. The van der Waals surface area contributed by atoms with Gasteiger partial charge in [-0.2, -0.15) is 0 Å². The second kappa shape index (κ2) is 5.75. The molecule has 0 aliphatic carbocycles. The lowest BCUT2D eigenvalue weighted by Gasteiger charge is -2.16. The first-order valence-corrected chi connectivity index (χ1v) is 5.96. The van der Waals surface area contributed by atoms with E-state index in [-0.39, 0.29) is 12.1 Å². The summed E-state index contributed by atoms with van der Waals surface area (Å²) in [6.07, 6.45) is 2.55. The molecule has 0 saturated carbocycles. The van der Waals surface area contributed by atoms with Crippen molar-refractivity contribution >= 4 is 0 Å². The third-order valence-electron chi connectivity index (χ3n) is 2.94. The van der Waals surface area contributed by atoms with Crippen molar-refractivity contribution in [3.05, 3.63) is 42.2 Å². The molecule has 96 valence electrons. The first kappa shape index (κ1) is 12.7. The molecule has 5 heteroatoms. The summed E-state index contributed by atoms with van der Waals surface area (Å²) in [7, 11) is 1.68. The van der Waals surface area contributed by atoms with E-state index in [1.54, 1.807) is 18.0 Å². The molecule has 1 aromatic carbocycles. The molecular weight excluding hydrogens is 228 g/mol. The SMILES string of the molecule is COC(C)CC(N)c1cnnn1-c1ccccc1. The quantitative estimate of drug-likeness (QED) is 0.872. The first-order chi connectivity index (χ1) is 8.72. The van der Waals surface area contributed by atoms with Crippen molar-refractivity contribution in [2.24, 2.45) is 5.73 Å². The van der Waals surface area contributed by atoms with Gasteiger partial charge in [0.25, 0.3) is 0 Å². The van der Waals surface area contributed by atoms with E-state index in [1.165, 1.54) is 0 Å². The fourth-order valence-corrected chi connectivity index (χ4v) is 1.84. The van der Waals surface area contributed by atoms with E-state index in [0.29, 0.717) is 0 Å². The minimum atomic E-state index is -0.143. The molecule has 0 spiro atoms. The molecule has 0 amide bonds. The van der Waals surface area contributed by atoms with Crippen molar-refractivity contribution < 1.29 is 4.74 Å². The number of para-hydroxylation sites is 1. The van der Waals surface area contributed by atoms with Gasteiger partial charge < -0.3 is 10.5 Å². The van der Waals surface area contributed by atoms with E-state index in [2.05, 4.69) is 10.3 Å². The first-order valence-electron chi connectivity index (χ1n) is 5.96. The lowest BCUT2D eigenvalue weighted by Crippen LogP contribution is -2.21. The monoisotopic (exact) mass is 246 g/mol. The van der Waals surface area contributed by atoms with Crippen molar-refractivity contribution in [1.82, 2.24) is 15.0 Å². The number of benzene rings is 1. The van der Waals surface area contributed by atoms with Crippen LogP contribution in [0.4, 0.5) is 0 Å². The average molecular weight is 246 g/mol. The summed E-state index contributed by atoms with van der Waals surface area (Å²) in [5.41, 5.74) is 8.03. The smallest absolute Gasteiger partial charge is 0.0813 e. The summed E-state index contributed by atoms with van der Waals surface area (Å²) in [5, 5.41) is 8.03. The third kappa shape index (κ3) is 2.75. The van der Waals surface area contributed by atoms with Crippen molar-refractivity contribution in [1.29, 1.82) is 0 Å². The molecule has 2 aromatic rings. The van der Waals surface area contributed by atoms with Gasteiger partial charge in [0.1, 0.15) is 0 Å². The number of hydrogen-bond acceptors (Lipinski definition) is 4. The second-order valence-corrected chi connectivity index (χ2v) is 4.29. The van der Waals surface area contributed by atoms with Crippen LogP contribution in [0.2, 0.25) is 0 Å². The van der Waals surface area contributed by atoms with Crippen LogP contribution in [0.15, 0.2) is 36.5 Å². The van der Waals surface area contributed by atoms with Crippen LogP contribution in [-0.4, -0.2) is 28.2 Å². The fourth-order valence-electron chi connectivity index (χ4n) is 1.84. The summed E-state index contributed by atoms with van der Waals surface area (Å²) in [5.74, 6) is 0. The van der Waals surface area contributed by atoms with Crippen LogP contribution in [0.1, 0.15) is 25.1 Å². The highest BCUT2D eigenvalue weighted by Gasteiger charge is 2.16. The summed E-state index contributed by atoms with van der Waals surface area (Å²) in [4.78, 5) is 0. The molecule has 2 rings (SSSR count). The minimum Gasteiger partial charge on any atom is -0.382 e. The minimum absolute atomic E-state index is 0.110.